The van der Waals surface area contributed by atoms with Crippen LogP contribution in [0.15, 0.2) is 97.1 Å². The van der Waals surface area contributed by atoms with Gasteiger partial charge >= 0.3 is 18.2 Å². The molecule has 10 rings (SSSR count). The zero-order chi connectivity index (χ0) is 56.9. The molecule has 20 nitrogen and oxygen atoms in total. The fourth-order valence-corrected chi connectivity index (χ4v) is 10.9. The van der Waals surface area contributed by atoms with Gasteiger partial charge in [0.25, 0.3) is 5.91 Å². The molecule has 6 heterocycles. The van der Waals surface area contributed by atoms with Crippen LogP contribution in [0.5, 0.6) is 34.5 Å². The summed E-state index contributed by atoms with van der Waals surface area (Å²) in [6.45, 7) is 15.1. The predicted molar refractivity (Wildman–Crippen MR) is 301 cm³/mol. The van der Waals surface area contributed by atoms with Gasteiger partial charge in [0.05, 0.1) is 14.2 Å². The van der Waals surface area contributed by atoms with Crippen molar-refractivity contribution in [1.82, 2.24) is 29.1 Å². The van der Waals surface area contributed by atoms with Gasteiger partial charge in [-0.05, 0) is 189 Å². The summed E-state index contributed by atoms with van der Waals surface area (Å²) in [5.41, 5.74) is 14.3. The van der Waals surface area contributed by atoms with Crippen LogP contribution >= 0.6 is 0 Å². The van der Waals surface area contributed by atoms with E-state index in [1.807, 2.05) is 126 Å². The minimum Gasteiger partial charge on any atom is -0.497 e. The van der Waals surface area contributed by atoms with Crippen molar-refractivity contribution >= 4 is 24.1 Å². The van der Waals surface area contributed by atoms with E-state index in [1.54, 1.807) is 45.5 Å². The van der Waals surface area contributed by atoms with Crippen LogP contribution in [0.1, 0.15) is 125 Å². The number of carbonyl (C=O) groups is 4. The van der Waals surface area contributed by atoms with E-state index in [0.717, 1.165) is 67.2 Å². The highest BCUT2D eigenvalue weighted by atomic mass is 16.6. The summed E-state index contributed by atoms with van der Waals surface area (Å²) in [5.74, 6) is 4.95. The smallest absolute Gasteiger partial charge is 0.410 e. The molecule has 20 heteroatoms. The average Bonchev–Trinajstić information content (AvgIpc) is 4.24. The molecule has 0 spiro atoms. The lowest BCUT2D eigenvalue weighted by Crippen LogP contribution is -2.43. The number of benzene rings is 4. The summed E-state index contributed by atoms with van der Waals surface area (Å²) in [7, 11) is 3.23. The highest BCUT2D eigenvalue weighted by molar-refractivity contribution is 5.98. The second kappa shape index (κ2) is 23.9. The van der Waals surface area contributed by atoms with Crippen molar-refractivity contribution in [2.45, 2.75) is 103 Å². The Balaban J connectivity index is 0.000000194. The Bertz CT molecular complexity index is 2920. The normalized spacial score (nSPS) is 17.5. The number of hydrogen-bond donors (Lipinski definition) is 4. The number of aromatic carboxylic acids is 1. The van der Waals surface area contributed by atoms with Crippen LogP contribution in [-0.4, -0.2) is 123 Å². The molecule has 4 aliphatic heterocycles. The Morgan fingerprint density at radius 1 is 0.512 bits per heavy atom. The number of carboxylic acids is 1. The quantitative estimate of drug-likeness (QED) is 0.0892. The molecule has 2 atom stereocenters. The first-order valence-electron chi connectivity index (χ1n) is 27.3. The van der Waals surface area contributed by atoms with Crippen LogP contribution in [0.4, 0.5) is 9.59 Å². The summed E-state index contributed by atoms with van der Waals surface area (Å²) in [5, 5.41) is 10.2. The molecule has 2 unspecified atom stereocenters. The van der Waals surface area contributed by atoms with Crippen molar-refractivity contribution in [1.29, 1.82) is 0 Å². The first-order valence-corrected chi connectivity index (χ1v) is 27.3. The molecule has 0 saturated carbocycles. The lowest BCUT2D eigenvalue weighted by atomic mass is 9.81. The Morgan fingerprint density at radius 3 is 1.16 bits per heavy atom. The minimum absolute atomic E-state index is 0.0894. The van der Waals surface area contributed by atoms with Crippen LogP contribution < -0.4 is 35.5 Å². The van der Waals surface area contributed by atoms with Gasteiger partial charge in [0.15, 0.2) is 11.4 Å². The van der Waals surface area contributed by atoms with Gasteiger partial charge in [-0.3, -0.25) is 4.79 Å². The van der Waals surface area contributed by atoms with E-state index >= 15 is 0 Å². The number of rotatable bonds is 12. The van der Waals surface area contributed by atoms with Gasteiger partial charge < -0.3 is 59.9 Å². The third-order valence-electron chi connectivity index (χ3n) is 14.7. The number of amides is 3. The number of nitrogens with two attached hydrogens (primary N) is 1. The van der Waals surface area contributed by atoms with Crippen molar-refractivity contribution in [2.24, 2.45) is 17.6 Å². The van der Waals surface area contributed by atoms with Crippen LogP contribution in [0.3, 0.4) is 0 Å². The second-order valence-corrected chi connectivity index (χ2v) is 22.5. The number of imidazole rings is 2. The number of piperidine rings is 2. The van der Waals surface area contributed by atoms with Gasteiger partial charge in [0, 0.05) is 62.2 Å². The molecule has 4 aromatic carbocycles. The number of fused-ring (bicyclic) bond motifs is 2. The number of nitrogens with zero attached hydrogens (tertiary/aromatic N) is 6. The second-order valence-electron chi connectivity index (χ2n) is 22.5. The average molecular weight is 1100 g/mol. The Morgan fingerprint density at radius 2 is 0.838 bits per heavy atom. The van der Waals surface area contributed by atoms with E-state index in [2.05, 4.69) is 10.9 Å². The number of hydrogen-bond acceptors (Lipinski definition) is 14. The molecule has 4 aliphatic rings. The first-order chi connectivity index (χ1) is 38.2. The van der Waals surface area contributed by atoms with Gasteiger partial charge in [-0.2, -0.15) is 0 Å². The molecule has 0 aliphatic carbocycles. The molecule has 0 bridgehead atoms. The Hall–Kier alpha value is -8.42. The van der Waals surface area contributed by atoms with E-state index in [-0.39, 0.29) is 35.6 Å². The molecule has 2 saturated heterocycles. The Kier molecular flexibility index (Phi) is 16.8. The number of methoxy groups -OCH3 is 2. The lowest BCUT2D eigenvalue weighted by molar-refractivity contribution is 0.0160. The monoisotopic (exact) mass is 1100 g/mol. The highest BCUT2D eigenvalue weighted by Gasteiger charge is 2.39. The lowest BCUT2D eigenvalue weighted by Gasteiger charge is -2.38. The standard InChI is InChI=1S/C30H37N5O5.C30H36N4O6/c1-30(2,3)40-29(37)34-17-14-19(15-18-34)24-13-16-32-35-26(27(31)36)25(33-28(24)35)20-5-7-22(8-6-20)39-23-11-9-21(38-4)10-12-23;1-30(2,3)40-29(37)33-17-14-19(15-18-33)24-13-16-31-34-26(28(35)36)25(32-27(24)34)20-5-7-22(8-6-20)39-23-11-9-21(38-4)10-12-23/h5-12,19,24,32H,13-18H2,1-4H3,(H2,31,36);5-12,19,24,31H,13-18H2,1-4H3,(H,35,36). The molecule has 2 aromatic heterocycles. The molecule has 424 valence electrons. The number of ether oxygens (including phenoxy) is 6. The number of nitrogens with one attached hydrogen (secondary N) is 2. The van der Waals surface area contributed by atoms with Gasteiger partial charge in [-0.25, -0.2) is 33.7 Å². The largest absolute Gasteiger partial charge is 0.497 e. The number of likely N-dealkylation sites (tertiary alicyclic amines) is 2. The SMILES string of the molecule is COc1ccc(Oc2ccc(-c3nc4n(c3C(=O)O)NCCC4C3CCN(C(=O)OC(C)(C)C)CC3)cc2)cc1.COc1ccc(Oc2ccc(-c3nc4n(c3C(N)=O)NCCC4C3CCN(C(=O)OC(C)(C)C)CC3)cc2)cc1. The summed E-state index contributed by atoms with van der Waals surface area (Å²) in [6.07, 6.45) is 4.49. The van der Waals surface area contributed by atoms with Crippen molar-refractivity contribution < 1.29 is 52.7 Å². The van der Waals surface area contributed by atoms with E-state index in [1.165, 1.54) is 0 Å². The third-order valence-corrected chi connectivity index (χ3v) is 14.7. The third kappa shape index (κ3) is 13.2. The maximum absolute atomic E-state index is 12.6. The molecular formula is C60H73N9O11. The minimum atomic E-state index is -1.04. The van der Waals surface area contributed by atoms with Gasteiger partial charge in [0.2, 0.25) is 0 Å². The molecular weight excluding hydrogens is 1020 g/mol. The van der Waals surface area contributed by atoms with E-state index in [9.17, 15) is 24.3 Å². The van der Waals surface area contributed by atoms with Crippen LogP contribution in [0, 0.1) is 11.8 Å². The van der Waals surface area contributed by atoms with Crippen molar-refractivity contribution in [2.75, 3.05) is 64.3 Å². The molecule has 0 radical (unpaired) electrons. The maximum atomic E-state index is 12.6. The summed E-state index contributed by atoms with van der Waals surface area (Å²) in [6, 6.07) is 29.4. The summed E-state index contributed by atoms with van der Waals surface area (Å²) < 4.78 is 36.8. The van der Waals surface area contributed by atoms with Crippen molar-refractivity contribution in [3.05, 3.63) is 120 Å². The fraction of sp³-hybridized carbons (Fsp3) is 0.433. The molecule has 3 amide bonds. The first kappa shape index (κ1) is 56.3. The molecule has 6 aromatic rings. The van der Waals surface area contributed by atoms with Gasteiger partial charge in [-0.15, -0.1) is 0 Å². The predicted octanol–water partition coefficient (Wildman–Crippen LogP) is 10.9. The number of carbonyl (C=O) groups excluding carboxylic acids is 3. The Labute approximate surface area is 466 Å². The van der Waals surface area contributed by atoms with Crippen LogP contribution in [0.2, 0.25) is 0 Å². The maximum Gasteiger partial charge on any atom is 0.410 e. The summed E-state index contributed by atoms with van der Waals surface area (Å²) in [4.78, 5) is 63.5. The molecule has 80 heavy (non-hydrogen) atoms. The van der Waals surface area contributed by atoms with Crippen LogP contribution in [0.25, 0.3) is 22.5 Å². The topological polar surface area (TPSA) is 236 Å². The van der Waals surface area contributed by atoms with Gasteiger partial charge in [-0.1, -0.05) is 0 Å². The number of primary amides is 1. The van der Waals surface area contributed by atoms with Crippen LogP contribution in [-0.2, 0) is 9.47 Å². The number of aromatic nitrogens is 4. The van der Waals surface area contributed by atoms with Crippen molar-refractivity contribution in [3.8, 4) is 57.0 Å². The zero-order valence-electron chi connectivity index (χ0n) is 46.8. The number of carboxylic acid groups (broad SMARTS) is 1. The fourth-order valence-electron chi connectivity index (χ4n) is 10.9. The van der Waals surface area contributed by atoms with E-state index in [4.69, 9.17) is 44.1 Å². The van der Waals surface area contributed by atoms with Crippen molar-refractivity contribution in [3.63, 3.8) is 0 Å². The molecule has 2 fully saturated rings. The van der Waals surface area contributed by atoms with Gasteiger partial charge in [0.1, 0.15) is 68.7 Å². The molecule has 5 N–H and O–H groups in total. The van der Waals surface area contributed by atoms with E-state index in [0.29, 0.717) is 90.8 Å². The highest BCUT2D eigenvalue weighted by Crippen LogP contribution is 2.42. The summed E-state index contributed by atoms with van der Waals surface area (Å²) >= 11 is 0. The van der Waals surface area contributed by atoms with E-state index < -0.39 is 23.1 Å². The zero-order valence-corrected chi connectivity index (χ0v) is 46.8.